The van der Waals surface area contributed by atoms with Gasteiger partial charge in [0.1, 0.15) is 5.60 Å². The Morgan fingerprint density at radius 1 is 1.00 bits per heavy atom. The van der Waals surface area contributed by atoms with E-state index in [9.17, 15) is 29.7 Å². The first-order valence-electron chi connectivity index (χ1n) is 3.11. The van der Waals surface area contributed by atoms with Gasteiger partial charge in [-0.1, -0.05) is 0 Å². The Kier molecular flexibility index (Phi) is 12.2. The number of carbonyl (C=O) groups excluding carboxylic acids is 3. The van der Waals surface area contributed by atoms with E-state index in [1.165, 1.54) is 0 Å². The van der Waals surface area contributed by atoms with Gasteiger partial charge in [-0.05, 0) is 0 Å². The monoisotopic (exact) mass is 252 g/mol. The van der Waals surface area contributed by atoms with Crippen molar-refractivity contribution in [2.45, 2.75) is 18.4 Å². The number of carboxylic acid groups (broad SMARTS) is 3. The first-order chi connectivity index (χ1) is 5.78. The number of hydrogen-bond donors (Lipinski definition) is 1. The predicted molar refractivity (Wildman–Crippen MR) is 35.0 cm³/mol. The van der Waals surface area contributed by atoms with Crippen LogP contribution in [0.2, 0.25) is 0 Å². The normalized spacial score (nSPS) is 9.40. The quantitative estimate of drug-likeness (QED) is 0.479. The summed E-state index contributed by atoms with van der Waals surface area (Å²) in [6.07, 6.45) is -2.72. The Morgan fingerprint density at radius 3 is 1.40 bits per heavy atom. The van der Waals surface area contributed by atoms with Crippen LogP contribution in [0.4, 0.5) is 0 Å². The zero-order chi connectivity index (χ0) is 10.6. The van der Waals surface area contributed by atoms with Crippen LogP contribution in [-0.4, -0.2) is 66.4 Å². The standard InChI is InChI=1S/C6H8O7.Ca.Na/c7-3(8)1-6(13,5(11)12)2-4(9)10;;/h13H,1-2H2,(H,7,8)(H,9,10)(H,11,12);;/q;+2;+1/p-3. The van der Waals surface area contributed by atoms with Crippen molar-refractivity contribution in [1.82, 2.24) is 0 Å². The summed E-state index contributed by atoms with van der Waals surface area (Å²) < 4.78 is 0. The van der Waals surface area contributed by atoms with Gasteiger partial charge >= 0.3 is 67.3 Å². The van der Waals surface area contributed by atoms with E-state index >= 15 is 0 Å². The molecule has 0 aliphatic rings. The van der Waals surface area contributed by atoms with Gasteiger partial charge < -0.3 is 34.8 Å². The summed E-state index contributed by atoms with van der Waals surface area (Å²) in [7, 11) is 0. The number of aliphatic carboxylic acids is 3. The summed E-state index contributed by atoms with van der Waals surface area (Å²) in [5, 5.41) is 38.9. The van der Waals surface area contributed by atoms with E-state index < -0.39 is 36.4 Å². The van der Waals surface area contributed by atoms with Crippen molar-refractivity contribution in [1.29, 1.82) is 0 Å². The maximum atomic E-state index is 10.1. The molecule has 74 valence electrons. The molecule has 0 rings (SSSR count). The van der Waals surface area contributed by atoms with Crippen molar-refractivity contribution >= 4 is 55.6 Å². The molecule has 0 aromatic heterocycles. The van der Waals surface area contributed by atoms with Crippen LogP contribution >= 0.6 is 0 Å². The van der Waals surface area contributed by atoms with Gasteiger partial charge in [-0.2, -0.15) is 0 Å². The second kappa shape index (κ2) is 8.74. The molecule has 0 amide bonds. The zero-order valence-electron chi connectivity index (χ0n) is 8.02. The van der Waals surface area contributed by atoms with Gasteiger partial charge in [0.2, 0.25) is 0 Å². The smallest absolute Gasteiger partial charge is 0.550 e. The Hall–Kier alpha value is 0.630. The van der Waals surface area contributed by atoms with Crippen molar-refractivity contribution in [2.75, 3.05) is 0 Å². The van der Waals surface area contributed by atoms with E-state index in [1.54, 1.807) is 0 Å². The minimum absolute atomic E-state index is 0. The minimum atomic E-state index is -2.97. The maximum Gasteiger partial charge on any atom is 2.00 e. The summed E-state index contributed by atoms with van der Waals surface area (Å²) in [5.41, 5.74) is -2.97. The minimum Gasteiger partial charge on any atom is -0.550 e. The molecule has 1 N–H and O–H groups in total. The molecule has 0 unspecified atom stereocenters. The van der Waals surface area contributed by atoms with Gasteiger partial charge in [0.05, 0.1) is 5.97 Å². The van der Waals surface area contributed by atoms with Crippen LogP contribution in [0, 0.1) is 0 Å². The van der Waals surface area contributed by atoms with Gasteiger partial charge in [0.15, 0.2) is 0 Å². The first-order valence-corrected chi connectivity index (χ1v) is 3.11. The molecule has 0 spiro atoms. The van der Waals surface area contributed by atoms with E-state index in [-0.39, 0.29) is 67.3 Å². The largest absolute Gasteiger partial charge is 2.00 e. The molecule has 0 fully saturated rings. The Balaban J connectivity index is -0.000000720. The van der Waals surface area contributed by atoms with Gasteiger partial charge in [-0.25, -0.2) is 0 Å². The van der Waals surface area contributed by atoms with Crippen LogP contribution < -0.4 is 44.9 Å². The van der Waals surface area contributed by atoms with Crippen LogP contribution in [0.15, 0.2) is 0 Å². The molecular formula is C6H5CaNaO7. The van der Waals surface area contributed by atoms with E-state index in [1.807, 2.05) is 0 Å². The van der Waals surface area contributed by atoms with E-state index in [0.29, 0.717) is 0 Å². The zero-order valence-corrected chi connectivity index (χ0v) is 12.2. The Morgan fingerprint density at radius 2 is 1.27 bits per heavy atom. The van der Waals surface area contributed by atoms with Gasteiger partial charge in [0, 0.05) is 24.8 Å². The summed E-state index contributed by atoms with van der Waals surface area (Å²) in [5.74, 6) is -5.98. The maximum absolute atomic E-state index is 10.1. The van der Waals surface area contributed by atoms with Crippen LogP contribution in [0.3, 0.4) is 0 Å². The fourth-order valence-electron chi connectivity index (χ4n) is 0.684. The summed E-state index contributed by atoms with van der Waals surface area (Å²) in [4.78, 5) is 30.0. The van der Waals surface area contributed by atoms with Crippen molar-refractivity contribution in [3.63, 3.8) is 0 Å². The predicted octanol–water partition coefficient (Wildman–Crippen LogP) is -8.63. The number of carboxylic acids is 3. The molecule has 0 aromatic rings. The molecule has 0 aliphatic heterocycles. The molecule has 0 aromatic carbocycles. The molecular weight excluding hydrogens is 247 g/mol. The van der Waals surface area contributed by atoms with Crippen LogP contribution in [0.25, 0.3) is 0 Å². The number of aliphatic hydroxyl groups is 1. The van der Waals surface area contributed by atoms with Crippen LogP contribution in [0.1, 0.15) is 12.8 Å². The number of rotatable bonds is 5. The van der Waals surface area contributed by atoms with Crippen molar-refractivity contribution in [3.05, 3.63) is 0 Å². The third-order valence-corrected chi connectivity index (χ3v) is 1.25. The van der Waals surface area contributed by atoms with Gasteiger partial charge in [0.25, 0.3) is 0 Å². The average molecular weight is 252 g/mol. The summed E-state index contributed by atoms with van der Waals surface area (Å²) in [6.45, 7) is 0. The van der Waals surface area contributed by atoms with E-state index in [4.69, 9.17) is 5.11 Å². The molecule has 0 heterocycles. The fourth-order valence-corrected chi connectivity index (χ4v) is 0.684. The number of carbonyl (C=O) groups is 3. The SMILES string of the molecule is O=C([O-])CC(O)(CC(=O)[O-])C(=O)[O-].[Ca+2].[Na+]. The second-order valence-electron chi connectivity index (χ2n) is 2.42. The average Bonchev–Trinajstić information content (AvgIpc) is 1.82. The first kappa shape index (κ1) is 21.0. The molecule has 0 atom stereocenters. The molecule has 0 saturated heterocycles. The van der Waals surface area contributed by atoms with Crippen molar-refractivity contribution in [2.24, 2.45) is 0 Å². The Bertz CT molecular complexity index is 238. The van der Waals surface area contributed by atoms with Crippen molar-refractivity contribution in [3.8, 4) is 0 Å². The third kappa shape index (κ3) is 8.44. The topological polar surface area (TPSA) is 141 Å². The molecule has 0 aliphatic carbocycles. The van der Waals surface area contributed by atoms with Crippen molar-refractivity contribution < 1.29 is 64.4 Å². The van der Waals surface area contributed by atoms with Crippen LogP contribution in [0.5, 0.6) is 0 Å². The molecule has 0 radical (unpaired) electrons. The molecule has 7 nitrogen and oxygen atoms in total. The van der Waals surface area contributed by atoms with Gasteiger partial charge in [-0.15, -0.1) is 0 Å². The molecule has 0 bridgehead atoms. The summed E-state index contributed by atoms with van der Waals surface area (Å²) >= 11 is 0. The fraction of sp³-hybridized carbons (Fsp3) is 0.500. The Labute approximate surface area is 137 Å². The van der Waals surface area contributed by atoms with Gasteiger partial charge in [-0.3, -0.25) is 0 Å². The van der Waals surface area contributed by atoms with E-state index in [0.717, 1.165) is 0 Å². The van der Waals surface area contributed by atoms with Crippen LogP contribution in [-0.2, 0) is 14.4 Å². The third-order valence-electron chi connectivity index (χ3n) is 1.25. The summed E-state index contributed by atoms with van der Waals surface area (Å²) in [6, 6.07) is 0. The molecule has 15 heavy (non-hydrogen) atoms. The molecule has 9 heteroatoms. The second-order valence-corrected chi connectivity index (χ2v) is 2.42. The van der Waals surface area contributed by atoms with E-state index in [2.05, 4.69) is 0 Å². The molecule has 0 saturated carbocycles. The number of hydrogen-bond acceptors (Lipinski definition) is 7.